The molecular weight excluding hydrogens is 347 g/mol. The summed E-state index contributed by atoms with van der Waals surface area (Å²) in [6, 6.07) is 9.51. The van der Waals surface area contributed by atoms with Crippen molar-refractivity contribution in [2.75, 3.05) is 23.4 Å². The molecule has 25 heavy (non-hydrogen) atoms. The minimum atomic E-state index is -0.550. The summed E-state index contributed by atoms with van der Waals surface area (Å²) in [5.41, 5.74) is 2.06. The summed E-state index contributed by atoms with van der Waals surface area (Å²) < 4.78 is 18.5. The average molecular weight is 363 g/mol. The van der Waals surface area contributed by atoms with Gasteiger partial charge >= 0.3 is 0 Å². The number of nitrogens with zero attached hydrogens (tertiary/aromatic N) is 1. The second-order valence-electron chi connectivity index (χ2n) is 5.73. The van der Waals surface area contributed by atoms with E-state index >= 15 is 0 Å². The number of anilines is 2. The number of fused-ring (bicyclic) bond motifs is 1. The molecule has 0 fully saturated rings. The van der Waals surface area contributed by atoms with E-state index in [2.05, 4.69) is 5.32 Å². The van der Waals surface area contributed by atoms with E-state index in [1.807, 2.05) is 25.1 Å². The van der Waals surface area contributed by atoms with Crippen LogP contribution in [0.4, 0.5) is 15.8 Å². The highest BCUT2D eigenvalue weighted by atomic mass is 35.5. The molecule has 7 heteroatoms. The summed E-state index contributed by atoms with van der Waals surface area (Å²) in [6.45, 7) is 2.09. The number of ether oxygens (including phenoxy) is 1. The number of halogens is 2. The van der Waals surface area contributed by atoms with Crippen LogP contribution in [0.15, 0.2) is 36.4 Å². The molecule has 0 atom stereocenters. The van der Waals surface area contributed by atoms with Gasteiger partial charge in [-0.25, -0.2) is 4.39 Å². The van der Waals surface area contributed by atoms with Gasteiger partial charge in [0.15, 0.2) is 6.61 Å². The fourth-order valence-corrected chi connectivity index (χ4v) is 2.75. The van der Waals surface area contributed by atoms with Crippen molar-refractivity contribution in [1.82, 2.24) is 0 Å². The number of carbonyl (C=O) groups excluding carboxylic acids is 2. The maximum Gasteiger partial charge on any atom is 0.265 e. The molecule has 2 aromatic rings. The van der Waals surface area contributed by atoms with Crippen molar-refractivity contribution in [2.24, 2.45) is 0 Å². The Morgan fingerprint density at radius 2 is 2.12 bits per heavy atom. The molecule has 2 aromatic carbocycles. The van der Waals surface area contributed by atoms with Gasteiger partial charge in [-0.05, 0) is 42.8 Å². The Morgan fingerprint density at radius 1 is 1.32 bits per heavy atom. The first kappa shape index (κ1) is 17.2. The Balaban J connectivity index is 1.66. The van der Waals surface area contributed by atoms with Crippen LogP contribution in [0.2, 0.25) is 5.02 Å². The van der Waals surface area contributed by atoms with Crippen LogP contribution < -0.4 is 15.0 Å². The van der Waals surface area contributed by atoms with Crippen molar-refractivity contribution < 1.29 is 18.7 Å². The Labute approximate surface area is 149 Å². The van der Waals surface area contributed by atoms with Crippen molar-refractivity contribution in [3.05, 3.63) is 52.8 Å². The molecule has 2 amide bonds. The molecule has 0 saturated heterocycles. The van der Waals surface area contributed by atoms with E-state index in [-0.39, 0.29) is 36.4 Å². The van der Waals surface area contributed by atoms with Gasteiger partial charge in [-0.15, -0.1) is 0 Å². The smallest absolute Gasteiger partial charge is 0.265 e. The van der Waals surface area contributed by atoms with E-state index in [1.54, 1.807) is 4.90 Å². The zero-order chi connectivity index (χ0) is 18.0. The van der Waals surface area contributed by atoms with Crippen molar-refractivity contribution >= 4 is 34.8 Å². The van der Waals surface area contributed by atoms with E-state index in [4.69, 9.17) is 16.3 Å². The normalized spacial score (nSPS) is 13.2. The van der Waals surface area contributed by atoms with Gasteiger partial charge in [0.05, 0.1) is 10.7 Å². The lowest BCUT2D eigenvalue weighted by molar-refractivity contribution is -0.121. The fraction of sp³-hybridized carbons (Fsp3) is 0.222. The number of benzene rings is 2. The summed E-state index contributed by atoms with van der Waals surface area (Å²) in [7, 11) is 0. The molecule has 130 valence electrons. The average Bonchev–Trinajstić information content (AvgIpc) is 2.57. The summed E-state index contributed by atoms with van der Waals surface area (Å²) in [5, 5.41) is 2.58. The Morgan fingerprint density at radius 3 is 2.88 bits per heavy atom. The molecule has 0 saturated carbocycles. The SMILES string of the molecule is Cc1ccc2c(c1)N(CCC(=O)Nc1ccc(F)c(Cl)c1)C(=O)CO2. The van der Waals surface area contributed by atoms with Crippen LogP contribution in [-0.4, -0.2) is 25.0 Å². The standard InChI is InChI=1S/C18H16ClFN2O3/c1-11-2-5-16-15(8-11)22(18(24)10-25-16)7-6-17(23)21-12-3-4-14(20)13(19)9-12/h2-5,8-9H,6-7,10H2,1H3,(H,21,23). The van der Waals surface area contributed by atoms with Gasteiger partial charge < -0.3 is 15.0 Å². The molecule has 0 unspecified atom stereocenters. The molecule has 0 radical (unpaired) electrons. The number of carbonyl (C=O) groups is 2. The third-order valence-electron chi connectivity index (χ3n) is 3.82. The predicted molar refractivity (Wildman–Crippen MR) is 93.7 cm³/mol. The molecule has 0 aliphatic carbocycles. The van der Waals surface area contributed by atoms with Crippen LogP contribution in [0.1, 0.15) is 12.0 Å². The fourth-order valence-electron chi connectivity index (χ4n) is 2.57. The van der Waals surface area contributed by atoms with Crippen LogP contribution in [0.25, 0.3) is 0 Å². The monoisotopic (exact) mass is 362 g/mol. The molecule has 0 aromatic heterocycles. The topological polar surface area (TPSA) is 58.6 Å². The van der Waals surface area contributed by atoms with Gasteiger partial charge in [-0.1, -0.05) is 17.7 Å². The number of aryl methyl sites for hydroxylation is 1. The highest BCUT2D eigenvalue weighted by Crippen LogP contribution is 2.32. The molecule has 0 spiro atoms. The van der Waals surface area contributed by atoms with Crippen LogP contribution in [-0.2, 0) is 9.59 Å². The summed E-state index contributed by atoms with van der Waals surface area (Å²) in [5.74, 6) is -0.423. The summed E-state index contributed by atoms with van der Waals surface area (Å²) in [6.07, 6.45) is 0.0914. The predicted octanol–water partition coefficient (Wildman–Crippen LogP) is 3.54. The van der Waals surface area contributed by atoms with Gasteiger partial charge in [0.2, 0.25) is 5.91 Å². The van der Waals surface area contributed by atoms with E-state index in [9.17, 15) is 14.0 Å². The van der Waals surface area contributed by atoms with Gasteiger partial charge in [0.1, 0.15) is 11.6 Å². The zero-order valence-corrected chi connectivity index (χ0v) is 14.3. The molecule has 1 N–H and O–H groups in total. The highest BCUT2D eigenvalue weighted by molar-refractivity contribution is 6.31. The molecule has 5 nitrogen and oxygen atoms in total. The lowest BCUT2D eigenvalue weighted by Gasteiger charge is -2.29. The van der Waals surface area contributed by atoms with Gasteiger partial charge in [-0.3, -0.25) is 9.59 Å². The molecule has 0 bridgehead atoms. The summed E-state index contributed by atoms with van der Waals surface area (Å²) >= 11 is 5.69. The molecule has 1 aliphatic rings. The maximum atomic E-state index is 13.1. The first-order valence-electron chi connectivity index (χ1n) is 7.73. The number of rotatable bonds is 4. The Bertz CT molecular complexity index is 841. The van der Waals surface area contributed by atoms with E-state index in [0.717, 1.165) is 5.56 Å². The number of hydrogen-bond acceptors (Lipinski definition) is 3. The minimum Gasteiger partial charge on any atom is -0.482 e. The van der Waals surface area contributed by atoms with Crippen molar-refractivity contribution in [3.63, 3.8) is 0 Å². The third-order valence-corrected chi connectivity index (χ3v) is 4.11. The Kier molecular flexibility index (Phi) is 4.90. The lowest BCUT2D eigenvalue weighted by atomic mass is 10.1. The molecule has 1 aliphatic heterocycles. The lowest BCUT2D eigenvalue weighted by Crippen LogP contribution is -2.40. The second kappa shape index (κ2) is 7.11. The van der Waals surface area contributed by atoms with Gasteiger partial charge in [0.25, 0.3) is 5.91 Å². The Hall–Kier alpha value is -2.60. The van der Waals surface area contributed by atoms with E-state index in [1.165, 1.54) is 18.2 Å². The van der Waals surface area contributed by atoms with Crippen LogP contribution >= 0.6 is 11.6 Å². The second-order valence-corrected chi connectivity index (χ2v) is 6.14. The van der Waals surface area contributed by atoms with Crippen LogP contribution in [0, 0.1) is 12.7 Å². The van der Waals surface area contributed by atoms with Crippen LogP contribution in [0.3, 0.4) is 0 Å². The molecule has 3 rings (SSSR count). The first-order chi connectivity index (χ1) is 11.9. The van der Waals surface area contributed by atoms with Crippen molar-refractivity contribution in [1.29, 1.82) is 0 Å². The minimum absolute atomic E-state index is 0.0503. The highest BCUT2D eigenvalue weighted by Gasteiger charge is 2.25. The van der Waals surface area contributed by atoms with E-state index < -0.39 is 5.82 Å². The van der Waals surface area contributed by atoms with Gasteiger partial charge in [-0.2, -0.15) is 0 Å². The maximum absolute atomic E-state index is 13.1. The van der Waals surface area contributed by atoms with Crippen molar-refractivity contribution in [2.45, 2.75) is 13.3 Å². The van der Waals surface area contributed by atoms with Gasteiger partial charge in [0, 0.05) is 18.7 Å². The number of amides is 2. The number of hydrogen-bond donors (Lipinski definition) is 1. The first-order valence-corrected chi connectivity index (χ1v) is 8.10. The largest absolute Gasteiger partial charge is 0.482 e. The van der Waals surface area contributed by atoms with Crippen LogP contribution in [0.5, 0.6) is 5.75 Å². The molecule has 1 heterocycles. The number of nitrogens with one attached hydrogen (secondary N) is 1. The van der Waals surface area contributed by atoms with E-state index in [0.29, 0.717) is 17.1 Å². The van der Waals surface area contributed by atoms with Crippen molar-refractivity contribution in [3.8, 4) is 5.75 Å². The zero-order valence-electron chi connectivity index (χ0n) is 13.5. The quantitative estimate of drug-likeness (QED) is 0.905. The summed E-state index contributed by atoms with van der Waals surface area (Å²) in [4.78, 5) is 25.8. The third kappa shape index (κ3) is 3.91. The molecular formula is C18H16ClFN2O3.